The second kappa shape index (κ2) is 8.33. The van der Waals surface area contributed by atoms with Gasteiger partial charge in [0, 0.05) is 0 Å². The maximum absolute atomic E-state index is 12.2. The predicted octanol–water partition coefficient (Wildman–Crippen LogP) is 2.92. The Morgan fingerprint density at radius 3 is 2.10 bits per heavy atom. The van der Waals surface area contributed by atoms with Crippen LogP contribution in [0.3, 0.4) is 0 Å². The van der Waals surface area contributed by atoms with E-state index in [4.69, 9.17) is 27.6 Å². The molecule has 0 saturated carbocycles. The monoisotopic (exact) mass is 479 g/mol. The minimum atomic E-state index is -4.06. The van der Waals surface area contributed by atoms with Gasteiger partial charge >= 0.3 is 0 Å². The van der Waals surface area contributed by atoms with Crippen molar-refractivity contribution < 1.29 is 36.0 Å². The molecule has 31 heavy (non-hydrogen) atoms. The van der Waals surface area contributed by atoms with Gasteiger partial charge in [-0.3, -0.25) is 0 Å². The molecular weight excluding hydrogens is 442 g/mol. The molecule has 4 atom stereocenters. The SMILES string of the molecule is CC1(C)OCC([C@](C#N)(OS(C)(=O)=O)[C@@H]2OC(C)(C)O[C@@H]2CO[Si](C)(C)C(C)(C)C)O1. The van der Waals surface area contributed by atoms with Crippen LogP contribution in [0.15, 0.2) is 0 Å². The van der Waals surface area contributed by atoms with E-state index in [-0.39, 0.29) is 18.3 Å². The molecule has 2 aliphatic heterocycles. The lowest BCUT2D eigenvalue weighted by Gasteiger charge is -2.39. The van der Waals surface area contributed by atoms with Gasteiger partial charge < -0.3 is 23.4 Å². The summed E-state index contributed by atoms with van der Waals surface area (Å²) in [5, 5.41) is 10.2. The predicted molar refractivity (Wildman–Crippen MR) is 116 cm³/mol. The van der Waals surface area contributed by atoms with E-state index in [1.165, 1.54) is 0 Å². The van der Waals surface area contributed by atoms with Crippen LogP contribution in [-0.2, 0) is 37.7 Å². The summed E-state index contributed by atoms with van der Waals surface area (Å²) >= 11 is 0. The average molecular weight is 480 g/mol. The van der Waals surface area contributed by atoms with Crippen molar-refractivity contribution in [1.82, 2.24) is 0 Å². The van der Waals surface area contributed by atoms with E-state index >= 15 is 0 Å². The molecule has 2 fully saturated rings. The third-order valence-corrected chi connectivity index (χ3v) is 11.1. The van der Waals surface area contributed by atoms with Gasteiger partial charge in [0.05, 0.1) is 19.5 Å². The van der Waals surface area contributed by atoms with Gasteiger partial charge in [0.1, 0.15) is 24.4 Å². The Kier molecular flexibility index (Phi) is 7.16. The largest absolute Gasteiger partial charge is 0.414 e. The van der Waals surface area contributed by atoms with E-state index in [1.807, 2.05) is 6.07 Å². The van der Waals surface area contributed by atoms with Crippen LogP contribution in [0.2, 0.25) is 18.1 Å². The van der Waals surface area contributed by atoms with Crippen LogP contribution in [0, 0.1) is 11.3 Å². The summed E-state index contributed by atoms with van der Waals surface area (Å²) in [6, 6.07) is 2.03. The van der Waals surface area contributed by atoms with Gasteiger partial charge in [0.25, 0.3) is 10.1 Å². The highest BCUT2D eigenvalue weighted by Gasteiger charge is 2.63. The van der Waals surface area contributed by atoms with Gasteiger partial charge in [0.15, 0.2) is 19.9 Å². The molecule has 0 amide bonds. The Hall–Kier alpha value is -0.583. The van der Waals surface area contributed by atoms with Crippen molar-refractivity contribution in [2.24, 2.45) is 0 Å². The Morgan fingerprint density at radius 2 is 1.68 bits per heavy atom. The van der Waals surface area contributed by atoms with Crippen molar-refractivity contribution in [2.45, 2.75) is 102 Å². The minimum Gasteiger partial charge on any atom is -0.414 e. The number of rotatable bonds is 7. The molecular formula is C20H37NO8SSi. The fourth-order valence-corrected chi connectivity index (χ4v) is 5.17. The first-order chi connectivity index (χ1) is 13.7. The second-order valence-electron chi connectivity index (χ2n) is 10.7. The molecule has 0 bridgehead atoms. The summed E-state index contributed by atoms with van der Waals surface area (Å²) in [6.45, 7) is 17.4. The highest BCUT2D eigenvalue weighted by Crippen LogP contribution is 2.43. The number of nitrogens with zero attached hydrogens (tertiary/aromatic N) is 1. The standard InChI is InChI=1S/C20H37NO8SSi/c1-17(2,3)31(9,10)25-11-14-16(28-19(6,7)26-14)20(13-21,29-30(8,22)23)15-12-24-18(4,5)27-15/h14-16H,11-12H2,1-10H3/t14-,15?,16-,20+/m1/s1. The number of nitriles is 1. The molecule has 2 heterocycles. The first-order valence-electron chi connectivity index (χ1n) is 10.4. The molecule has 1 unspecified atom stereocenters. The average Bonchev–Trinajstić information content (AvgIpc) is 3.08. The Morgan fingerprint density at radius 1 is 1.10 bits per heavy atom. The molecule has 0 aliphatic carbocycles. The van der Waals surface area contributed by atoms with Crippen molar-refractivity contribution in [3.63, 3.8) is 0 Å². The van der Waals surface area contributed by atoms with Crippen molar-refractivity contribution >= 4 is 18.4 Å². The van der Waals surface area contributed by atoms with Gasteiger partial charge in [-0.05, 0) is 45.8 Å². The van der Waals surface area contributed by atoms with Crippen LogP contribution in [0.4, 0.5) is 0 Å². The van der Waals surface area contributed by atoms with E-state index in [9.17, 15) is 13.7 Å². The third kappa shape index (κ3) is 6.06. The van der Waals surface area contributed by atoms with Crippen molar-refractivity contribution in [2.75, 3.05) is 19.5 Å². The molecule has 9 nitrogen and oxygen atoms in total. The van der Waals surface area contributed by atoms with Gasteiger partial charge in [-0.15, -0.1) is 0 Å². The molecule has 0 spiro atoms. The summed E-state index contributed by atoms with van der Waals surface area (Å²) in [6.07, 6.45) is -1.96. The summed E-state index contributed by atoms with van der Waals surface area (Å²) in [5.74, 6) is -2.08. The third-order valence-electron chi connectivity index (χ3n) is 5.97. The molecule has 11 heteroatoms. The van der Waals surface area contributed by atoms with Crippen molar-refractivity contribution in [3.8, 4) is 6.07 Å². The van der Waals surface area contributed by atoms with E-state index in [0.717, 1.165) is 6.26 Å². The van der Waals surface area contributed by atoms with Crippen LogP contribution < -0.4 is 0 Å². The highest BCUT2D eigenvalue weighted by molar-refractivity contribution is 7.86. The number of hydrogen-bond donors (Lipinski definition) is 0. The lowest BCUT2D eigenvalue weighted by Crippen LogP contribution is -2.60. The van der Waals surface area contributed by atoms with Crippen LogP contribution in [-0.4, -0.2) is 71.7 Å². The van der Waals surface area contributed by atoms with Crippen LogP contribution in [0.1, 0.15) is 48.5 Å². The topological polar surface area (TPSA) is 113 Å². The molecule has 2 saturated heterocycles. The Labute approximate surface area is 187 Å². The Bertz CT molecular complexity index is 814. The molecule has 0 radical (unpaired) electrons. The van der Waals surface area contributed by atoms with Gasteiger partial charge in [-0.1, -0.05) is 20.8 Å². The minimum absolute atomic E-state index is 0.0355. The zero-order chi connectivity index (χ0) is 24.1. The molecule has 2 rings (SSSR count). The first kappa shape index (κ1) is 26.7. The molecule has 180 valence electrons. The van der Waals surface area contributed by atoms with Crippen molar-refractivity contribution in [1.29, 1.82) is 5.26 Å². The van der Waals surface area contributed by atoms with Gasteiger partial charge in [0.2, 0.25) is 5.60 Å². The quantitative estimate of drug-likeness (QED) is 0.401. The van der Waals surface area contributed by atoms with Gasteiger partial charge in [-0.25, -0.2) is 4.18 Å². The number of ether oxygens (including phenoxy) is 4. The lowest BCUT2D eigenvalue weighted by atomic mass is 9.88. The van der Waals surface area contributed by atoms with E-state index in [0.29, 0.717) is 0 Å². The maximum Gasteiger partial charge on any atom is 0.266 e. The summed E-state index contributed by atoms with van der Waals surface area (Å²) in [4.78, 5) is 0. The highest BCUT2D eigenvalue weighted by atomic mass is 32.2. The molecule has 0 aromatic rings. The fourth-order valence-electron chi connectivity index (χ4n) is 3.42. The summed E-state index contributed by atoms with van der Waals surface area (Å²) in [5.41, 5.74) is -2.02. The fraction of sp³-hybridized carbons (Fsp3) is 0.950. The summed E-state index contributed by atoms with van der Waals surface area (Å²) in [7, 11) is -6.21. The van der Waals surface area contributed by atoms with Crippen LogP contribution >= 0.6 is 0 Å². The molecule has 0 aromatic carbocycles. The zero-order valence-corrected chi connectivity index (χ0v) is 22.1. The molecule has 0 aromatic heterocycles. The van der Waals surface area contributed by atoms with E-state index < -0.39 is 53.9 Å². The normalized spacial score (nSPS) is 30.7. The zero-order valence-electron chi connectivity index (χ0n) is 20.3. The number of hydrogen-bond acceptors (Lipinski definition) is 9. The van der Waals surface area contributed by atoms with Crippen LogP contribution in [0.25, 0.3) is 0 Å². The van der Waals surface area contributed by atoms with Gasteiger partial charge in [-0.2, -0.15) is 13.7 Å². The van der Waals surface area contributed by atoms with E-state index in [2.05, 4.69) is 33.9 Å². The lowest BCUT2D eigenvalue weighted by molar-refractivity contribution is -0.189. The first-order valence-corrected chi connectivity index (χ1v) is 15.1. The Balaban J connectivity index is 2.45. The molecule has 2 aliphatic rings. The summed E-state index contributed by atoms with van der Waals surface area (Å²) < 4.78 is 59.8. The maximum atomic E-state index is 12.2. The smallest absolute Gasteiger partial charge is 0.266 e. The van der Waals surface area contributed by atoms with Crippen molar-refractivity contribution in [3.05, 3.63) is 0 Å². The second-order valence-corrected chi connectivity index (χ2v) is 17.1. The van der Waals surface area contributed by atoms with E-state index in [1.54, 1.807) is 27.7 Å². The van der Waals surface area contributed by atoms with Crippen LogP contribution in [0.5, 0.6) is 0 Å². The molecule has 0 N–H and O–H groups in total.